The Morgan fingerprint density at radius 2 is 0.775 bits per heavy atom. The average Bonchev–Trinajstić information content (AvgIpc) is 3.03. The summed E-state index contributed by atoms with van der Waals surface area (Å²) in [5.74, 6) is 0. The SMILES string of the molecule is F.c1ccc(B(C(=C(c2ccccc2)c2ccccc2-c2ccccc2)c2ccccc2)c2ccccc2)cc1. The Bertz CT molecular complexity index is 1620. The van der Waals surface area contributed by atoms with E-state index in [-0.39, 0.29) is 11.4 Å². The minimum Gasteiger partial charge on any atom is -0.269 e. The number of rotatable bonds is 7. The van der Waals surface area contributed by atoms with Gasteiger partial charge in [-0.15, -0.1) is 0 Å². The lowest BCUT2D eigenvalue weighted by Crippen LogP contribution is -2.44. The summed E-state index contributed by atoms with van der Waals surface area (Å²) in [6.07, 6.45) is 0. The van der Waals surface area contributed by atoms with E-state index in [9.17, 15) is 0 Å². The van der Waals surface area contributed by atoms with Gasteiger partial charge in [-0.25, -0.2) is 0 Å². The second kappa shape index (κ2) is 12.7. The van der Waals surface area contributed by atoms with Crippen molar-refractivity contribution in [3.63, 3.8) is 0 Å². The zero-order chi connectivity index (χ0) is 26.3. The monoisotopic (exact) mass is 516 g/mol. The third-order valence-corrected chi connectivity index (χ3v) is 7.25. The molecule has 6 aromatic carbocycles. The standard InChI is InChI=1S/C38H29B.FH/c1-6-18-30(19-7-1)35-28-16-17-29-36(35)37(31-20-8-2-9-21-31)38(32-22-10-3-11-23-32)39(33-24-12-4-13-25-33)34-26-14-5-15-27-34;/h1-29H;1H. The van der Waals surface area contributed by atoms with Gasteiger partial charge >= 0.3 is 0 Å². The zero-order valence-corrected chi connectivity index (χ0v) is 22.2. The lowest BCUT2D eigenvalue weighted by atomic mass is 9.34. The molecule has 0 nitrogen and oxygen atoms in total. The largest absolute Gasteiger partial charge is 0.269 e. The van der Waals surface area contributed by atoms with Gasteiger partial charge in [-0.1, -0.05) is 192 Å². The molecule has 6 aromatic rings. The highest BCUT2D eigenvalue weighted by Gasteiger charge is 2.29. The molecule has 0 aromatic heterocycles. The molecular weight excluding hydrogens is 486 g/mol. The summed E-state index contributed by atoms with van der Waals surface area (Å²) < 4.78 is 0. The number of halogens is 1. The van der Waals surface area contributed by atoms with Gasteiger partial charge in [-0.2, -0.15) is 0 Å². The van der Waals surface area contributed by atoms with Gasteiger partial charge in [0, 0.05) is 0 Å². The normalized spacial score (nSPS) is 11.2. The van der Waals surface area contributed by atoms with Gasteiger partial charge < -0.3 is 0 Å². The molecule has 0 N–H and O–H groups in total. The summed E-state index contributed by atoms with van der Waals surface area (Å²) in [4.78, 5) is 0. The molecule has 0 aliphatic carbocycles. The van der Waals surface area contributed by atoms with E-state index in [1.54, 1.807) is 0 Å². The molecule has 0 heterocycles. The molecule has 0 bridgehead atoms. The van der Waals surface area contributed by atoms with Crippen LogP contribution < -0.4 is 10.9 Å². The first-order valence-corrected chi connectivity index (χ1v) is 13.5. The van der Waals surface area contributed by atoms with Crippen LogP contribution in [0.2, 0.25) is 0 Å². The summed E-state index contributed by atoms with van der Waals surface area (Å²) in [7, 11) is 0. The molecule has 0 saturated heterocycles. The van der Waals surface area contributed by atoms with E-state index in [1.807, 2.05) is 0 Å². The van der Waals surface area contributed by atoms with Gasteiger partial charge in [-0.3, -0.25) is 4.70 Å². The zero-order valence-electron chi connectivity index (χ0n) is 22.2. The van der Waals surface area contributed by atoms with Crippen molar-refractivity contribution in [1.29, 1.82) is 0 Å². The maximum atomic E-state index is 2.28. The van der Waals surface area contributed by atoms with Crippen LogP contribution >= 0.6 is 0 Å². The lowest BCUT2D eigenvalue weighted by Gasteiger charge is -2.26. The minimum atomic E-state index is 0. The summed E-state index contributed by atoms with van der Waals surface area (Å²) in [5.41, 5.74) is 11.2. The van der Waals surface area contributed by atoms with Crippen LogP contribution in [0, 0.1) is 0 Å². The summed E-state index contributed by atoms with van der Waals surface area (Å²) in [6.45, 7) is 0.0360. The van der Waals surface area contributed by atoms with Crippen LogP contribution in [0.25, 0.3) is 22.2 Å². The van der Waals surface area contributed by atoms with E-state index in [1.165, 1.54) is 49.8 Å². The molecule has 0 spiro atoms. The number of hydrogen-bond acceptors (Lipinski definition) is 0. The van der Waals surface area contributed by atoms with Gasteiger partial charge in [-0.05, 0) is 33.4 Å². The molecule has 0 radical (unpaired) electrons. The van der Waals surface area contributed by atoms with Crippen LogP contribution in [-0.4, -0.2) is 6.71 Å². The number of hydrogen-bond donors (Lipinski definition) is 0. The quantitative estimate of drug-likeness (QED) is 0.148. The highest BCUT2D eigenvalue weighted by molar-refractivity contribution is 7.00. The highest BCUT2D eigenvalue weighted by Crippen LogP contribution is 2.38. The molecule has 0 aliphatic heterocycles. The second-order valence-corrected chi connectivity index (χ2v) is 9.69. The predicted molar refractivity (Wildman–Crippen MR) is 171 cm³/mol. The van der Waals surface area contributed by atoms with Crippen LogP contribution in [-0.2, 0) is 0 Å². The molecule has 40 heavy (non-hydrogen) atoms. The van der Waals surface area contributed by atoms with Crippen LogP contribution in [0.3, 0.4) is 0 Å². The van der Waals surface area contributed by atoms with Crippen molar-refractivity contribution in [3.8, 4) is 11.1 Å². The van der Waals surface area contributed by atoms with Gasteiger partial charge in [0.2, 0.25) is 6.71 Å². The van der Waals surface area contributed by atoms with Gasteiger partial charge in [0.1, 0.15) is 0 Å². The smallest absolute Gasteiger partial charge is 0.242 e. The fourth-order valence-corrected chi connectivity index (χ4v) is 5.52. The molecule has 2 heteroatoms. The fraction of sp³-hybridized carbons (Fsp3) is 0. The summed E-state index contributed by atoms with van der Waals surface area (Å²) in [6, 6.07) is 63.1. The first-order valence-electron chi connectivity index (χ1n) is 13.5. The van der Waals surface area contributed by atoms with E-state index in [0.29, 0.717) is 0 Å². The Morgan fingerprint density at radius 3 is 1.30 bits per heavy atom. The lowest BCUT2D eigenvalue weighted by molar-refractivity contribution is 1.11. The molecule has 0 aliphatic rings. The second-order valence-electron chi connectivity index (χ2n) is 9.69. The highest BCUT2D eigenvalue weighted by atomic mass is 19.0. The average molecular weight is 516 g/mol. The summed E-state index contributed by atoms with van der Waals surface area (Å²) in [5, 5.41) is 0. The molecule has 0 amide bonds. The van der Waals surface area contributed by atoms with Gasteiger partial charge in [0.05, 0.1) is 0 Å². The fourth-order valence-electron chi connectivity index (χ4n) is 5.52. The van der Waals surface area contributed by atoms with Gasteiger partial charge in [0.15, 0.2) is 0 Å². The first-order chi connectivity index (χ1) is 19.4. The topological polar surface area (TPSA) is 0 Å². The van der Waals surface area contributed by atoms with Crippen molar-refractivity contribution in [2.45, 2.75) is 0 Å². The predicted octanol–water partition coefficient (Wildman–Crippen LogP) is 8.31. The maximum Gasteiger partial charge on any atom is 0.242 e. The molecule has 192 valence electrons. The molecule has 0 fully saturated rings. The molecule has 0 atom stereocenters. The van der Waals surface area contributed by atoms with Crippen molar-refractivity contribution in [1.82, 2.24) is 0 Å². The van der Waals surface area contributed by atoms with Crippen LogP contribution in [0.5, 0.6) is 0 Å². The van der Waals surface area contributed by atoms with Crippen molar-refractivity contribution in [3.05, 3.63) is 193 Å². The van der Waals surface area contributed by atoms with Crippen molar-refractivity contribution in [2.24, 2.45) is 0 Å². The van der Waals surface area contributed by atoms with E-state index in [0.717, 1.165) is 0 Å². The van der Waals surface area contributed by atoms with E-state index in [2.05, 4.69) is 176 Å². The molecular formula is C38H30BF. The Balaban J connectivity index is 0.00000323. The van der Waals surface area contributed by atoms with Crippen LogP contribution in [0.4, 0.5) is 4.70 Å². The van der Waals surface area contributed by atoms with Gasteiger partial charge in [0.25, 0.3) is 0 Å². The molecule has 0 saturated carbocycles. The Morgan fingerprint density at radius 1 is 0.375 bits per heavy atom. The summed E-state index contributed by atoms with van der Waals surface area (Å²) >= 11 is 0. The number of benzene rings is 6. The minimum absolute atomic E-state index is 0. The molecule has 0 unspecified atom stereocenters. The van der Waals surface area contributed by atoms with Crippen molar-refractivity contribution >= 4 is 28.7 Å². The van der Waals surface area contributed by atoms with E-state index >= 15 is 0 Å². The van der Waals surface area contributed by atoms with Crippen LogP contribution in [0.15, 0.2) is 176 Å². The van der Waals surface area contributed by atoms with Crippen molar-refractivity contribution < 1.29 is 4.70 Å². The van der Waals surface area contributed by atoms with Crippen LogP contribution in [0.1, 0.15) is 16.7 Å². The maximum absolute atomic E-state index is 2.28. The van der Waals surface area contributed by atoms with E-state index in [4.69, 9.17) is 0 Å². The Labute approximate surface area is 236 Å². The Kier molecular flexibility index (Phi) is 8.49. The van der Waals surface area contributed by atoms with E-state index < -0.39 is 0 Å². The first kappa shape index (κ1) is 26.7. The third-order valence-electron chi connectivity index (χ3n) is 7.25. The Hall–Kier alpha value is -4.95. The third kappa shape index (κ3) is 5.57. The molecule has 6 rings (SSSR count). The van der Waals surface area contributed by atoms with Crippen molar-refractivity contribution in [2.75, 3.05) is 0 Å².